The number of rotatable bonds is 3. The minimum Gasteiger partial charge on any atom is -0.207 e. The van der Waals surface area contributed by atoms with Gasteiger partial charge in [-0.05, 0) is 66.5 Å². The van der Waals surface area contributed by atoms with Crippen molar-refractivity contribution in [3.63, 3.8) is 0 Å². The van der Waals surface area contributed by atoms with Gasteiger partial charge in [-0.15, -0.1) is 5.92 Å². The molecule has 3 rings (SSSR count). The van der Waals surface area contributed by atoms with Crippen molar-refractivity contribution in [3.8, 4) is 23.7 Å². The molecule has 0 bridgehead atoms. The van der Waals surface area contributed by atoms with Crippen LogP contribution in [0.15, 0.2) is 42.5 Å². The van der Waals surface area contributed by atoms with Gasteiger partial charge < -0.3 is 0 Å². The molecule has 0 aliphatic heterocycles. The normalized spacial score (nSPS) is 18.5. The van der Waals surface area contributed by atoms with Crippen molar-refractivity contribution in [2.75, 3.05) is 0 Å². The van der Waals surface area contributed by atoms with Gasteiger partial charge in [0, 0.05) is 24.0 Å². The Labute approximate surface area is 169 Å². The fourth-order valence-corrected chi connectivity index (χ4v) is 3.74. The first kappa shape index (κ1) is 20.2. The molecule has 0 aromatic heterocycles. The molecule has 0 heterocycles. The molecule has 0 N–H and O–H groups in total. The molecule has 1 fully saturated rings. The summed E-state index contributed by atoms with van der Waals surface area (Å²) in [5, 5.41) is 0. The van der Waals surface area contributed by atoms with E-state index in [0.29, 0.717) is 5.92 Å². The van der Waals surface area contributed by atoms with Crippen LogP contribution in [0.1, 0.15) is 80.5 Å². The van der Waals surface area contributed by atoms with Gasteiger partial charge in [-0.1, -0.05) is 62.6 Å². The highest BCUT2D eigenvalue weighted by Gasteiger charge is 2.22. The van der Waals surface area contributed by atoms with Crippen LogP contribution in [0.4, 0.5) is 4.39 Å². The summed E-state index contributed by atoms with van der Waals surface area (Å²) >= 11 is 0. The van der Waals surface area contributed by atoms with E-state index in [-0.39, 0.29) is 5.82 Å². The van der Waals surface area contributed by atoms with E-state index >= 15 is 0 Å². The minimum atomic E-state index is -0.104. The molecule has 0 spiro atoms. The van der Waals surface area contributed by atoms with E-state index in [1.807, 2.05) is 24.3 Å². The molecular formula is C27H29F. The first-order valence-electron chi connectivity index (χ1n) is 10.5. The van der Waals surface area contributed by atoms with Gasteiger partial charge in [0.25, 0.3) is 0 Å². The maximum absolute atomic E-state index is 14.6. The highest BCUT2D eigenvalue weighted by atomic mass is 19.1. The van der Waals surface area contributed by atoms with Gasteiger partial charge >= 0.3 is 0 Å². The van der Waals surface area contributed by atoms with Crippen LogP contribution in [-0.4, -0.2) is 0 Å². The van der Waals surface area contributed by atoms with Gasteiger partial charge in [0.1, 0.15) is 5.82 Å². The molecule has 1 heteroatoms. The van der Waals surface area contributed by atoms with E-state index in [9.17, 15) is 4.39 Å². The van der Waals surface area contributed by atoms with Crippen LogP contribution in [-0.2, 0) is 6.42 Å². The molecule has 2 aromatic rings. The zero-order valence-corrected chi connectivity index (χ0v) is 17.0. The summed E-state index contributed by atoms with van der Waals surface area (Å²) in [5.41, 5.74) is 3.74. The molecule has 1 aliphatic carbocycles. The average molecular weight is 373 g/mol. The van der Waals surface area contributed by atoms with E-state index in [4.69, 9.17) is 0 Å². The Morgan fingerprint density at radius 3 is 2.25 bits per heavy atom. The summed E-state index contributed by atoms with van der Waals surface area (Å²) in [6.45, 7) is 4.43. The van der Waals surface area contributed by atoms with Crippen LogP contribution in [0.25, 0.3) is 0 Å². The molecule has 0 unspecified atom stereocenters. The fourth-order valence-electron chi connectivity index (χ4n) is 3.74. The maximum Gasteiger partial charge on any atom is 0.127 e. The SMILES string of the molecule is CCCC#CCc1ccc(C#Cc2ccc(C3CCC(C)CC3)c(F)c2)cc1. The van der Waals surface area contributed by atoms with Crippen molar-refractivity contribution >= 4 is 0 Å². The minimum absolute atomic E-state index is 0.104. The molecule has 144 valence electrons. The smallest absolute Gasteiger partial charge is 0.127 e. The quantitative estimate of drug-likeness (QED) is 0.516. The Kier molecular flexibility index (Phi) is 7.33. The summed E-state index contributed by atoms with van der Waals surface area (Å²) in [6.07, 6.45) is 7.43. The Balaban J connectivity index is 1.64. The largest absolute Gasteiger partial charge is 0.207 e. The van der Waals surface area contributed by atoms with Gasteiger partial charge in [-0.2, -0.15) is 0 Å². The molecule has 28 heavy (non-hydrogen) atoms. The van der Waals surface area contributed by atoms with Crippen LogP contribution < -0.4 is 0 Å². The average Bonchev–Trinajstić information content (AvgIpc) is 2.71. The summed E-state index contributed by atoms with van der Waals surface area (Å²) in [7, 11) is 0. The van der Waals surface area contributed by atoms with Crippen LogP contribution in [0.3, 0.4) is 0 Å². The Hall–Kier alpha value is -2.51. The first-order chi connectivity index (χ1) is 13.7. The van der Waals surface area contributed by atoms with Gasteiger partial charge in [0.2, 0.25) is 0 Å². The Morgan fingerprint density at radius 1 is 0.893 bits per heavy atom. The Bertz CT molecular complexity index is 891. The standard InChI is InChI=1S/C27H29F/c1-3-4-5-6-7-22-10-12-23(13-11-22)14-15-24-16-19-26(27(28)20-24)25-17-8-21(2)9-18-25/h10-13,16,19-21,25H,3-4,7-9,17-18H2,1-2H3. The van der Waals surface area contributed by atoms with Gasteiger partial charge in [-0.25, -0.2) is 4.39 Å². The second kappa shape index (κ2) is 10.1. The van der Waals surface area contributed by atoms with Crippen molar-refractivity contribution in [3.05, 3.63) is 70.5 Å². The summed E-state index contributed by atoms with van der Waals surface area (Å²) in [4.78, 5) is 0. The molecular weight excluding hydrogens is 343 g/mol. The molecule has 0 nitrogen and oxygen atoms in total. The highest BCUT2D eigenvalue weighted by molar-refractivity contribution is 5.45. The molecule has 1 saturated carbocycles. The third-order valence-corrected chi connectivity index (χ3v) is 5.55. The van der Waals surface area contributed by atoms with Gasteiger partial charge in [-0.3, -0.25) is 0 Å². The summed E-state index contributed by atoms with van der Waals surface area (Å²) in [5.74, 6) is 13.6. The van der Waals surface area contributed by atoms with Crippen molar-refractivity contribution in [2.45, 2.75) is 64.7 Å². The van der Waals surface area contributed by atoms with Crippen molar-refractivity contribution in [2.24, 2.45) is 5.92 Å². The predicted octanol–water partition coefficient (Wildman–Crippen LogP) is 6.87. The Morgan fingerprint density at radius 2 is 1.57 bits per heavy atom. The topological polar surface area (TPSA) is 0 Å². The maximum atomic E-state index is 14.6. The predicted molar refractivity (Wildman–Crippen MR) is 116 cm³/mol. The van der Waals surface area contributed by atoms with Crippen LogP contribution in [0.2, 0.25) is 0 Å². The van der Waals surface area contributed by atoms with E-state index in [1.54, 1.807) is 6.07 Å². The van der Waals surface area contributed by atoms with Gasteiger partial charge in [0.15, 0.2) is 0 Å². The number of halogens is 1. The molecule has 0 amide bonds. The zero-order valence-electron chi connectivity index (χ0n) is 17.0. The third-order valence-electron chi connectivity index (χ3n) is 5.55. The molecule has 2 aromatic carbocycles. The van der Waals surface area contributed by atoms with Gasteiger partial charge in [0.05, 0.1) is 0 Å². The molecule has 1 aliphatic rings. The molecule has 0 saturated heterocycles. The first-order valence-corrected chi connectivity index (χ1v) is 10.5. The van der Waals surface area contributed by atoms with Crippen molar-refractivity contribution in [1.82, 2.24) is 0 Å². The second-order valence-corrected chi connectivity index (χ2v) is 7.92. The van der Waals surface area contributed by atoms with E-state index in [1.165, 1.54) is 18.4 Å². The lowest BCUT2D eigenvalue weighted by atomic mass is 9.79. The van der Waals surface area contributed by atoms with Crippen LogP contribution in [0.5, 0.6) is 0 Å². The number of benzene rings is 2. The zero-order chi connectivity index (χ0) is 19.8. The number of hydrogen-bond acceptors (Lipinski definition) is 0. The monoisotopic (exact) mass is 372 g/mol. The lowest BCUT2D eigenvalue weighted by Crippen LogP contribution is -2.12. The summed E-state index contributed by atoms with van der Waals surface area (Å²) < 4.78 is 14.6. The lowest BCUT2D eigenvalue weighted by Gasteiger charge is -2.26. The highest BCUT2D eigenvalue weighted by Crippen LogP contribution is 2.36. The molecule has 0 radical (unpaired) electrons. The fraction of sp³-hybridized carbons (Fsp3) is 0.407. The van der Waals surface area contributed by atoms with Crippen LogP contribution in [0, 0.1) is 35.4 Å². The van der Waals surface area contributed by atoms with E-state index in [0.717, 1.165) is 54.7 Å². The number of hydrogen-bond donors (Lipinski definition) is 0. The summed E-state index contributed by atoms with van der Waals surface area (Å²) in [6, 6.07) is 13.7. The molecule has 0 atom stereocenters. The van der Waals surface area contributed by atoms with E-state index in [2.05, 4.69) is 49.7 Å². The third kappa shape index (κ3) is 5.74. The lowest BCUT2D eigenvalue weighted by molar-refractivity contribution is 0.342. The van der Waals surface area contributed by atoms with Crippen molar-refractivity contribution in [1.29, 1.82) is 0 Å². The van der Waals surface area contributed by atoms with Crippen molar-refractivity contribution < 1.29 is 4.39 Å². The second-order valence-electron chi connectivity index (χ2n) is 7.92. The van der Waals surface area contributed by atoms with E-state index < -0.39 is 0 Å². The number of unbranched alkanes of at least 4 members (excludes halogenated alkanes) is 1. The van der Waals surface area contributed by atoms with Crippen LogP contribution >= 0.6 is 0 Å².